The van der Waals surface area contributed by atoms with Crippen LogP contribution in [0.15, 0.2) is 18.5 Å². The average Bonchev–Trinajstić information content (AvgIpc) is 2.83. The second-order valence-electron chi connectivity index (χ2n) is 6.63. The summed E-state index contributed by atoms with van der Waals surface area (Å²) in [6.45, 7) is 3.35. The zero-order chi connectivity index (χ0) is 16.5. The third-order valence-corrected chi connectivity index (χ3v) is 5.04. The van der Waals surface area contributed by atoms with Crippen molar-refractivity contribution in [1.29, 1.82) is 0 Å². The van der Waals surface area contributed by atoms with Crippen LogP contribution in [0.5, 0.6) is 0 Å². The van der Waals surface area contributed by atoms with E-state index in [4.69, 9.17) is 4.74 Å². The number of fused-ring (bicyclic) bond motifs is 4. The van der Waals surface area contributed by atoms with Crippen LogP contribution in [0, 0.1) is 5.92 Å². The summed E-state index contributed by atoms with van der Waals surface area (Å²) in [6, 6.07) is 1.96. The van der Waals surface area contributed by atoms with Crippen molar-refractivity contribution in [3.05, 3.63) is 18.5 Å². The average molecular weight is 331 g/mol. The highest BCUT2D eigenvalue weighted by molar-refractivity contribution is 5.83. The third-order valence-electron chi connectivity index (χ3n) is 5.04. The summed E-state index contributed by atoms with van der Waals surface area (Å²) in [6.07, 6.45) is 5.21. The van der Waals surface area contributed by atoms with Gasteiger partial charge in [-0.2, -0.15) is 0 Å². The first-order valence-electron chi connectivity index (χ1n) is 8.44. The lowest BCUT2D eigenvalue weighted by Crippen LogP contribution is -2.51. The van der Waals surface area contributed by atoms with Gasteiger partial charge in [-0.1, -0.05) is 0 Å². The summed E-state index contributed by atoms with van der Waals surface area (Å²) >= 11 is 0. The fraction of sp³-hybridized carbons (Fsp3) is 0.625. The minimum Gasteiger partial charge on any atom is -0.448 e. The minimum atomic E-state index is -0.386. The van der Waals surface area contributed by atoms with Crippen LogP contribution in [-0.2, 0) is 9.53 Å². The molecule has 5 heterocycles. The molecule has 4 saturated heterocycles. The fourth-order valence-electron chi connectivity index (χ4n) is 3.83. The highest BCUT2D eigenvalue weighted by Crippen LogP contribution is 2.29. The maximum Gasteiger partial charge on any atom is 0.410 e. The molecule has 4 aliphatic heterocycles. The number of piperidine rings is 1. The molecule has 0 radical (unpaired) electrons. The summed E-state index contributed by atoms with van der Waals surface area (Å²) in [5.41, 5.74) is 0. The fourth-order valence-corrected chi connectivity index (χ4v) is 3.83. The van der Waals surface area contributed by atoms with E-state index in [1.165, 1.54) is 4.90 Å². The molecule has 8 nitrogen and oxygen atoms in total. The van der Waals surface area contributed by atoms with E-state index in [9.17, 15) is 9.59 Å². The molecule has 0 N–H and O–H groups in total. The van der Waals surface area contributed by atoms with Gasteiger partial charge in [0.1, 0.15) is 13.2 Å². The van der Waals surface area contributed by atoms with Crippen LogP contribution >= 0.6 is 0 Å². The number of carbonyl (C=O) groups excluding carboxylic acids is 2. The highest BCUT2D eigenvalue weighted by Gasteiger charge is 2.39. The molecular weight excluding hydrogens is 310 g/mol. The topological polar surface area (TPSA) is 78.9 Å². The molecule has 0 aliphatic carbocycles. The van der Waals surface area contributed by atoms with Crippen molar-refractivity contribution >= 4 is 17.9 Å². The van der Waals surface area contributed by atoms with Gasteiger partial charge >= 0.3 is 6.09 Å². The highest BCUT2D eigenvalue weighted by atomic mass is 16.6. The number of ether oxygens (including phenoxy) is 1. The SMILES string of the molecule is O=C1OCCN1CC(=O)N1C[C@H]2CC[C@@H]1CN(c1ncccn1)C2. The number of carbonyl (C=O) groups is 2. The molecule has 4 fully saturated rings. The molecule has 2 amide bonds. The number of hydrogen-bond acceptors (Lipinski definition) is 6. The van der Waals surface area contributed by atoms with Gasteiger partial charge in [0.05, 0.1) is 6.54 Å². The predicted molar refractivity (Wildman–Crippen MR) is 85.4 cm³/mol. The van der Waals surface area contributed by atoms with Crippen LogP contribution in [0.4, 0.5) is 10.7 Å². The molecule has 1 aromatic rings. The van der Waals surface area contributed by atoms with Gasteiger partial charge in [-0.3, -0.25) is 9.69 Å². The van der Waals surface area contributed by atoms with Gasteiger partial charge < -0.3 is 14.5 Å². The monoisotopic (exact) mass is 331 g/mol. The second-order valence-corrected chi connectivity index (χ2v) is 6.63. The largest absolute Gasteiger partial charge is 0.448 e. The van der Waals surface area contributed by atoms with Gasteiger partial charge in [-0.25, -0.2) is 14.8 Å². The Balaban J connectivity index is 1.46. The lowest BCUT2D eigenvalue weighted by atomic mass is 9.95. The van der Waals surface area contributed by atoms with E-state index in [1.54, 1.807) is 18.5 Å². The van der Waals surface area contributed by atoms with Gasteiger partial charge in [0.25, 0.3) is 0 Å². The van der Waals surface area contributed by atoms with E-state index >= 15 is 0 Å². The predicted octanol–water partition coefficient (Wildman–Crippen LogP) is 0.356. The number of amides is 2. The molecule has 1 aromatic heterocycles. The molecule has 0 aromatic carbocycles. The van der Waals surface area contributed by atoms with Gasteiger partial charge in [0, 0.05) is 38.1 Å². The summed E-state index contributed by atoms with van der Waals surface area (Å²) in [5.74, 6) is 1.16. The molecule has 2 atom stereocenters. The normalized spacial score (nSPS) is 26.5. The molecule has 128 valence electrons. The molecule has 0 spiro atoms. The maximum absolute atomic E-state index is 12.7. The van der Waals surface area contributed by atoms with Gasteiger partial charge in [0.2, 0.25) is 11.9 Å². The second kappa shape index (κ2) is 6.26. The van der Waals surface area contributed by atoms with Crippen molar-refractivity contribution in [1.82, 2.24) is 19.8 Å². The maximum atomic E-state index is 12.7. The number of rotatable bonds is 3. The van der Waals surface area contributed by atoms with Crippen molar-refractivity contribution in [3.63, 3.8) is 0 Å². The minimum absolute atomic E-state index is 0.0133. The lowest BCUT2D eigenvalue weighted by Gasteiger charge is -2.36. The molecular formula is C16H21N5O3. The van der Waals surface area contributed by atoms with Crippen molar-refractivity contribution in [2.75, 3.05) is 44.2 Å². The van der Waals surface area contributed by atoms with Crippen LogP contribution in [0.3, 0.4) is 0 Å². The van der Waals surface area contributed by atoms with E-state index in [0.29, 0.717) is 19.1 Å². The number of cyclic esters (lactones) is 1. The molecule has 4 aliphatic rings. The van der Waals surface area contributed by atoms with Crippen LogP contribution in [0.2, 0.25) is 0 Å². The first-order valence-corrected chi connectivity index (χ1v) is 8.44. The summed E-state index contributed by atoms with van der Waals surface area (Å²) < 4.78 is 4.91. The zero-order valence-electron chi connectivity index (χ0n) is 13.5. The van der Waals surface area contributed by atoms with Crippen LogP contribution in [-0.4, -0.2) is 77.1 Å². The van der Waals surface area contributed by atoms with E-state index in [-0.39, 0.29) is 24.6 Å². The standard InChI is InChI=1S/C16H21N5O3/c22-14(11-19-6-7-24-16(19)23)21-9-12-2-3-13(21)10-20(8-12)15-17-4-1-5-18-15/h1,4-5,12-13H,2-3,6-11H2/t12-,13+/m0/s1. The van der Waals surface area contributed by atoms with Gasteiger partial charge in [-0.15, -0.1) is 0 Å². The van der Waals surface area contributed by atoms with E-state index in [2.05, 4.69) is 14.9 Å². The van der Waals surface area contributed by atoms with Crippen LogP contribution < -0.4 is 4.90 Å². The van der Waals surface area contributed by atoms with Crippen molar-refractivity contribution in [2.24, 2.45) is 5.92 Å². The molecule has 8 heteroatoms. The quantitative estimate of drug-likeness (QED) is 0.795. The number of aromatic nitrogens is 2. The number of anilines is 1. The van der Waals surface area contributed by atoms with E-state index in [1.807, 2.05) is 4.90 Å². The number of hydrogen-bond donors (Lipinski definition) is 0. The van der Waals surface area contributed by atoms with Crippen molar-refractivity contribution in [3.8, 4) is 0 Å². The Bertz CT molecular complexity index is 625. The van der Waals surface area contributed by atoms with Crippen molar-refractivity contribution in [2.45, 2.75) is 18.9 Å². The van der Waals surface area contributed by atoms with Gasteiger partial charge in [0.15, 0.2) is 0 Å². The van der Waals surface area contributed by atoms with E-state index < -0.39 is 0 Å². The molecule has 0 unspecified atom stereocenters. The first-order chi connectivity index (χ1) is 11.7. The Morgan fingerprint density at radius 2 is 2.04 bits per heavy atom. The molecule has 0 saturated carbocycles. The summed E-state index contributed by atoms with van der Waals surface area (Å²) in [5, 5.41) is 0. The third kappa shape index (κ3) is 2.88. The molecule has 24 heavy (non-hydrogen) atoms. The smallest absolute Gasteiger partial charge is 0.410 e. The molecule has 5 rings (SSSR count). The molecule has 2 bridgehead atoms. The zero-order valence-corrected chi connectivity index (χ0v) is 13.5. The Labute approximate surface area is 140 Å². The summed E-state index contributed by atoms with van der Waals surface area (Å²) in [7, 11) is 0. The number of nitrogens with zero attached hydrogens (tertiary/aromatic N) is 5. The van der Waals surface area contributed by atoms with Gasteiger partial charge in [-0.05, 0) is 24.8 Å². The lowest BCUT2D eigenvalue weighted by molar-refractivity contribution is -0.135. The van der Waals surface area contributed by atoms with Crippen molar-refractivity contribution < 1.29 is 14.3 Å². The summed E-state index contributed by atoms with van der Waals surface area (Å²) in [4.78, 5) is 38.6. The first kappa shape index (κ1) is 15.2. The van der Waals surface area contributed by atoms with Crippen LogP contribution in [0.1, 0.15) is 12.8 Å². The Kier molecular flexibility index (Phi) is 3.95. The Hall–Kier alpha value is -2.38. The van der Waals surface area contributed by atoms with Crippen LogP contribution in [0.25, 0.3) is 0 Å². The Morgan fingerprint density at radius 3 is 2.79 bits per heavy atom. The Morgan fingerprint density at radius 1 is 1.21 bits per heavy atom. The van der Waals surface area contributed by atoms with E-state index in [0.717, 1.165) is 38.4 Å².